The average molecular weight is 451 g/mol. The van der Waals surface area contributed by atoms with E-state index in [1.165, 1.54) is 0 Å². The van der Waals surface area contributed by atoms with Crippen molar-refractivity contribution in [2.24, 2.45) is 0 Å². The number of hydrogen-bond acceptors (Lipinski definition) is 6. The molecule has 1 N–H and O–H groups in total. The predicted octanol–water partition coefficient (Wildman–Crippen LogP) is 4.29. The molecule has 0 spiro atoms. The largest absolute Gasteiger partial charge is 0.497 e. The van der Waals surface area contributed by atoms with Gasteiger partial charge in [0.1, 0.15) is 18.0 Å². The number of hydrogen-bond donors (Lipinski definition) is 1. The van der Waals surface area contributed by atoms with Crippen molar-refractivity contribution in [1.29, 1.82) is 0 Å². The molecule has 1 fully saturated rings. The minimum atomic E-state index is -0.870. The zero-order chi connectivity index (χ0) is 22.2. The lowest BCUT2D eigenvalue weighted by molar-refractivity contribution is -0.155. The van der Waals surface area contributed by atoms with Crippen LogP contribution >= 0.6 is 11.6 Å². The molecule has 1 aromatic rings. The van der Waals surface area contributed by atoms with Gasteiger partial charge in [-0.1, -0.05) is 35.9 Å². The summed E-state index contributed by atoms with van der Waals surface area (Å²) in [5, 5.41) is 11.0. The van der Waals surface area contributed by atoms with Crippen molar-refractivity contribution in [3.63, 3.8) is 0 Å². The lowest BCUT2D eigenvalue weighted by Gasteiger charge is -2.20. The van der Waals surface area contributed by atoms with E-state index in [1.54, 1.807) is 14.0 Å². The number of benzene rings is 1. The van der Waals surface area contributed by atoms with Crippen LogP contribution in [0.5, 0.6) is 5.75 Å². The third kappa shape index (κ3) is 7.35. The van der Waals surface area contributed by atoms with Gasteiger partial charge in [0, 0.05) is 11.5 Å². The highest BCUT2D eigenvalue weighted by molar-refractivity contribution is 6.29. The summed E-state index contributed by atoms with van der Waals surface area (Å²) in [5.74, 6) is 0.363. The average Bonchev–Trinajstić information content (AvgIpc) is 3.13. The Kier molecular flexibility index (Phi) is 8.96. The van der Waals surface area contributed by atoms with Crippen molar-refractivity contribution in [2.75, 3.05) is 13.7 Å². The molecule has 3 rings (SSSR count). The predicted molar refractivity (Wildman–Crippen MR) is 118 cm³/mol. The lowest BCUT2D eigenvalue weighted by Crippen LogP contribution is -2.32. The van der Waals surface area contributed by atoms with Crippen LogP contribution in [0.1, 0.15) is 44.6 Å². The summed E-state index contributed by atoms with van der Waals surface area (Å²) in [7, 11) is 1.63. The van der Waals surface area contributed by atoms with Crippen LogP contribution in [0.2, 0.25) is 0 Å². The van der Waals surface area contributed by atoms with Gasteiger partial charge >= 0.3 is 5.97 Å². The molecule has 170 valence electrons. The Morgan fingerprint density at radius 2 is 2.00 bits per heavy atom. The second-order valence-corrected chi connectivity index (χ2v) is 8.50. The fourth-order valence-corrected chi connectivity index (χ4v) is 3.92. The van der Waals surface area contributed by atoms with E-state index in [1.807, 2.05) is 36.4 Å². The van der Waals surface area contributed by atoms with Crippen molar-refractivity contribution in [1.82, 2.24) is 0 Å². The summed E-state index contributed by atoms with van der Waals surface area (Å²) in [4.78, 5) is 12.4. The van der Waals surface area contributed by atoms with E-state index in [0.717, 1.165) is 28.3 Å². The van der Waals surface area contributed by atoms with Crippen molar-refractivity contribution in [2.45, 2.75) is 70.1 Å². The Balaban J connectivity index is 1.61. The molecular formula is C24H31ClO6. The maximum absolute atomic E-state index is 12.4. The first kappa shape index (κ1) is 23.8. The number of carbonyl (C=O) groups excluding carboxylic acids is 1. The van der Waals surface area contributed by atoms with E-state index in [0.29, 0.717) is 32.5 Å². The third-order valence-electron chi connectivity index (χ3n) is 5.64. The molecule has 0 aliphatic carbocycles. The van der Waals surface area contributed by atoms with Gasteiger partial charge in [0.2, 0.25) is 0 Å². The number of methoxy groups -OCH3 is 1. The molecular weight excluding hydrogens is 420 g/mol. The normalized spacial score (nSPS) is 31.0. The van der Waals surface area contributed by atoms with Crippen molar-refractivity contribution < 1.29 is 28.8 Å². The summed E-state index contributed by atoms with van der Waals surface area (Å²) >= 11 is 6.33. The number of aliphatic hydroxyl groups excluding tert-OH is 1. The molecule has 7 heteroatoms. The summed E-state index contributed by atoms with van der Waals surface area (Å²) < 4.78 is 22.8. The molecule has 2 bridgehead atoms. The van der Waals surface area contributed by atoms with Gasteiger partial charge in [-0.2, -0.15) is 0 Å². The monoisotopic (exact) mass is 450 g/mol. The number of allylic oxidation sites excluding steroid dienone is 3. The van der Waals surface area contributed by atoms with Crippen LogP contribution in [0.4, 0.5) is 0 Å². The number of carbonyl (C=O) groups is 1. The van der Waals surface area contributed by atoms with Gasteiger partial charge in [0.25, 0.3) is 0 Å². The third-order valence-corrected chi connectivity index (χ3v) is 5.98. The SMILES string of the molecule is COc1ccc(COC[C@H]2O[C@@H]3CC/C(Cl)=C/C/C=C(/C)[C@@H](O)CC(=O)O[C@@H]2C3)cc1. The molecule has 0 saturated carbocycles. The Hall–Kier alpha value is -1.86. The number of fused-ring (bicyclic) bond motifs is 2. The van der Waals surface area contributed by atoms with Crippen LogP contribution in [0.15, 0.2) is 47.0 Å². The Labute approximate surface area is 188 Å². The summed E-state index contributed by atoms with van der Waals surface area (Å²) in [6.07, 6.45) is 4.71. The fraction of sp³-hybridized carbons (Fsp3) is 0.542. The van der Waals surface area contributed by atoms with Gasteiger partial charge in [0.05, 0.1) is 39.0 Å². The quantitative estimate of drug-likeness (QED) is 0.533. The minimum Gasteiger partial charge on any atom is -0.497 e. The van der Waals surface area contributed by atoms with Crippen LogP contribution < -0.4 is 4.74 Å². The van der Waals surface area contributed by atoms with Gasteiger partial charge in [-0.05, 0) is 49.5 Å². The highest BCUT2D eigenvalue weighted by atomic mass is 35.5. The summed E-state index contributed by atoms with van der Waals surface area (Å²) in [5.41, 5.74) is 1.75. The molecule has 2 heterocycles. The van der Waals surface area contributed by atoms with Crippen LogP contribution in [-0.4, -0.2) is 49.2 Å². The molecule has 31 heavy (non-hydrogen) atoms. The number of halogens is 1. The number of rotatable bonds is 5. The lowest BCUT2D eigenvalue weighted by atomic mass is 10.0. The molecule has 4 atom stereocenters. The molecule has 0 amide bonds. The summed E-state index contributed by atoms with van der Waals surface area (Å²) in [6.45, 7) is 2.54. The molecule has 0 unspecified atom stereocenters. The van der Waals surface area contributed by atoms with Crippen molar-refractivity contribution >= 4 is 17.6 Å². The fourth-order valence-electron chi connectivity index (χ4n) is 3.72. The zero-order valence-corrected chi connectivity index (χ0v) is 18.8. The van der Waals surface area contributed by atoms with E-state index in [4.69, 9.17) is 30.5 Å². The maximum Gasteiger partial charge on any atom is 0.309 e. The second kappa shape index (κ2) is 11.7. The molecule has 2 aliphatic heterocycles. The first-order chi connectivity index (χ1) is 14.9. The minimum absolute atomic E-state index is 0.0559. The first-order valence-corrected chi connectivity index (χ1v) is 11.1. The van der Waals surface area contributed by atoms with Crippen LogP contribution in [0.25, 0.3) is 0 Å². The van der Waals surface area contributed by atoms with E-state index < -0.39 is 18.2 Å². The van der Waals surface area contributed by atoms with Gasteiger partial charge in [-0.25, -0.2) is 0 Å². The van der Waals surface area contributed by atoms with E-state index >= 15 is 0 Å². The molecule has 0 aromatic heterocycles. The van der Waals surface area contributed by atoms with Crippen LogP contribution in [0.3, 0.4) is 0 Å². The van der Waals surface area contributed by atoms with Gasteiger partial charge in [0.15, 0.2) is 0 Å². The molecule has 1 saturated heterocycles. The second-order valence-electron chi connectivity index (χ2n) is 8.02. The topological polar surface area (TPSA) is 74.2 Å². The van der Waals surface area contributed by atoms with Gasteiger partial charge < -0.3 is 24.1 Å². The number of esters is 1. The first-order valence-electron chi connectivity index (χ1n) is 10.7. The standard InChI is InChI=1S/C24H31ClO6/c1-16-4-3-5-18(25)8-11-20-12-22(31-24(27)13-21(16)26)23(30-20)15-29-14-17-6-9-19(28-2)10-7-17/h4-7,9-10,20-23,26H,3,8,11-15H2,1-2H3/b16-4-,18-5-/t20-,21+,22-,23-/m1/s1. The Morgan fingerprint density at radius 1 is 1.23 bits per heavy atom. The molecule has 1 aromatic carbocycles. The number of aliphatic hydroxyl groups is 1. The molecule has 0 radical (unpaired) electrons. The van der Waals surface area contributed by atoms with Crippen molar-refractivity contribution in [3.8, 4) is 5.75 Å². The molecule has 2 aliphatic rings. The Bertz CT molecular complexity index is 788. The highest BCUT2D eigenvalue weighted by Gasteiger charge is 2.38. The van der Waals surface area contributed by atoms with E-state index in [9.17, 15) is 9.90 Å². The summed E-state index contributed by atoms with van der Waals surface area (Å²) in [6, 6.07) is 7.66. The van der Waals surface area contributed by atoms with Crippen molar-refractivity contribution in [3.05, 3.63) is 52.6 Å². The maximum atomic E-state index is 12.4. The van der Waals surface area contributed by atoms with Crippen LogP contribution in [-0.2, 0) is 25.6 Å². The Morgan fingerprint density at radius 3 is 2.74 bits per heavy atom. The van der Waals surface area contributed by atoms with E-state index in [2.05, 4.69) is 0 Å². The smallest absolute Gasteiger partial charge is 0.309 e. The number of ether oxygens (including phenoxy) is 4. The van der Waals surface area contributed by atoms with Gasteiger partial charge in [-0.15, -0.1) is 0 Å². The zero-order valence-electron chi connectivity index (χ0n) is 18.1. The van der Waals surface area contributed by atoms with E-state index in [-0.39, 0.29) is 18.6 Å². The highest BCUT2D eigenvalue weighted by Crippen LogP contribution is 2.29. The van der Waals surface area contributed by atoms with Gasteiger partial charge in [-0.3, -0.25) is 4.79 Å². The van der Waals surface area contributed by atoms with Crippen LogP contribution in [0, 0.1) is 0 Å². The molecule has 6 nitrogen and oxygen atoms in total.